The molecule has 1 saturated heterocycles. The van der Waals surface area contributed by atoms with Crippen LogP contribution in [0.3, 0.4) is 0 Å². The molecule has 0 unspecified atom stereocenters. The SMILES string of the molecule is COc1cc(C)sc1C(=O)N1CCNC(=O)[C@@H]1CCO. The maximum absolute atomic E-state index is 12.6. The van der Waals surface area contributed by atoms with Gasteiger partial charge >= 0.3 is 0 Å². The van der Waals surface area contributed by atoms with Gasteiger partial charge in [0, 0.05) is 24.6 Å². The Kier molecular flexibility index (Phi) is 4.61. The van der Waals surface area contributed by atoms with Crippen molar-refractivity contribution in [3.63, 3.8) is 0 Å². The van der Waals surface area contributed by atoms with E-state index in [1.807, 2.05) is 13.0 Å². The maximum atomic E-state index is 12.6. The lowest BCUT2D eigenvalue weighted by Gasteiger charge is -2.34. The molecule has 0 aliphatic carbocycles. The van der Waals surface area contributed by atoms with Gasteiger partial charge in [-0.15, -0.1) is 11.3 Å². The van der Waals surface area contributed by atoms with Gasteiger partial charge in [-0.1, -0.05) is 0 Å². The van der Waals surface area contributed by atoms with Gasteiger partial charge in [-0.05, 0) is 19.4 Å². The molecule has 0 aromatic carbocycles. The van der Waals surface area contributed by atoms with Crippen LogP contribution in [0, 0.1) is 6.92 Å². The fourth-order valence-electron chi connectivity index (χ4n) is 2.29. The number of carbonyl (C=O) groups is 2. The second-order valence-corrected chi connectivity index (χ2v) is 5.83. The Bertz CT molecular complexity index is 514. The Morgan fingerprint density at radius 2 is 2.40 bits per heavy atom. The van der Waals surface area contributed by atoms with E-state index in [4.69, 9.17) is 9.84 Å². The molecule has 0 saturated carbocycles. The Balaban J connectivity index is 2.27. The minimum atomic E-state index is -0.617. The highest BCUT2D eigenvalue weighted by atomic mass is 32.1. The predicted octanol–water partition coefficient (Wildman–Crippen LogP) is 0.388. The summed E-state index contributed by atoms with van der Waals surface area (Å²) in [6.07, 6.45) is 0.240. The summed E-state index contributed by atoms with van der Waals surface area (Å²) in [7, 11) is 1.52. The van der Waals surface area contributed by atoms with Gasteiger partial charge in [0.15, 0.2) is 0 Å². The number of aryl methyl sites for hydroxylation is 1. The first kappa shape index (κ1) is 14.8. The Morgan fingerprint density at radius 1 is 1.65 bits per heavy atom. The molecule has 7 heteroatoms. The third kappa shape index (κ3) is 2.78. The number of nitrogens with one attached hydrogen (secondary N) is 1. The lowest BCUT2D eigenvalue weighted by Crippen LogP contribution is -2.57. The second kappa shape index (κ2) is 6.23. The maximum Gasteiger partial charge on any atom is 0.268 e. The van der Waals surface area contributed by atoms with Crippen LogP contribution in [0.4, 0.5) is 0 Å². The Hall–Kier alpha value is -1.60. The van der Waals surface area contributed by atoms with Crippen molar-refractivity contribution in [1.82, 2.24) is 10.2 Å². The third-order valence-corrected chi connectivity index (χ3v) is 4.25. The van der Waals surface area contributed by atoms with E-state index in [1.54, 1.807) is 0 Å². The number of hydrogen-bond acceptors (Lipinski definition) is 5. The summed E-state index contributed by atoms with van der Waals surface area (Å²) in [6, 6.07) is 1.19. The first-order chi connectivity index (χ1) is 9.58. The van der Waals surface area contributed by atoms with E-state index in [2.05, 4.69) is 5.32 Å². The number of rotatable bonds is 4. The molecule has 2 rings (SSSR count). The summed E-state index contributed by atoms with van der Waals surface area (Å²) in [5, 5.41) is 11.8. The third-order valence-electron chi connectivity index (χ3n) is 3.23. The lowest BCUT2D eigenvalue weighted by molar-refractivity contribution is -0.128. The molecule has 6 nitrogen and oxygen atoms in total. The number of amides is 2. The first-order valence-electron chi connectivity index (χ1n) is 6.42. The van der Waals surface area contributed by atoms with Crippen molar-refractivity contribution in [3.05, 3.63) is 15.8 Å². The van der Waals surface area contributed by atoms with Gasteiger partial charge in [-0.25, -0.2) is 0 Å². The van der Waals surface area contributed by atoms with Crippen LogP contribution in [0.5, 0.6) is 5.75 Å². The molecule has 1 aliphatic rings. The van der Waals surface area contributed by atoms with E-state index in [1.165, 1.54) is 23.3 Å². The fraction of sp³-hybridized carbons (Fsp3) is 0.538. The monoisotopic (exact) mass is 298 g/mol. The van der Waals surface area contributed by atoms with Gasteiger partial charge < -0.3 is 20.1 Å². The molecular weight excluding hydrogens is 280 g/mol. The van der Waals surface area contributed by atoms with Gasteiger partial charge in [0.1, 0.15) is 16.7 Å². The average molecular weight is 298 g/mol. The van der Waals surface area contributed by atoms with Gasteiger partial charge in [0.25, 0.3) is 5.91 Å². The second-order valence-electron chi connectivity index (χ2n) is 4.57. The molecule has 0 spiro atoms. The van der Waals surface area contributed by atoms with Gasteiger partial charge in [0.05, 0.1) is 7.11 Å². The molecule has 0 radical (unpaired) electrons. The number of methoxy groups -OCH3 is 1. The van der Waals surface area contributed by atoms with Crippen LogP contribution in [0.1, 0.15) is 21.0 Å². The summed E-state index contributed by atoms with van der Waals surface area (Å²) in [4.78, 5) is 27.5. The van der Waals surface area contributed by atoms with Crippen LogP contribution in [0.25, 0.3) is 0 Å². The van der Waals surface area contributed by atoms with Crippen molar-refractivity contribution in [2.75, 3.05) is 26.8 Å². The van der Waals surface area contributed by atoms with Crippen LogP contribution in [0.15, 0.2) is 6.07 Å². The van der Waals surface area contributed by atoms with E-state index in [9.17, 15) is 9.59 Å². The molecular formula is C13H18N2O4S. The van der Waals surface area contributed by atoms with Gasteiger partial charge in [-0.3, -0.25) is 9.59 Å². The highest BCUT2D eigenvalue weighted by Gasteiger charge is 2.34. The Morgan fingerprint density at radius 3 is 3.05 bits per heavy atom. The molecule has 1 aliphatic heterocycles. The van der Waals surface area contributed by atoms with Crippen LogP contribution in [-0.4, -0.2) is 54.7 Å². The topological polar surface area (TPSA) is 78.9 Å². The number of piperazine rings is 1. The zero-order valence-corrected chi connectivity index (χ0v) is 12.3. The van der Waals surface area contributed by atoms with Gasteiger partial charge in [0.2, 0.25) is 5.91 Å². The fourth-order valence-corrected chi connectivity index (χ4v) is 3.22. The summed E-state index contributed by atoms with van der Waals surface area (Å²) >= 11 is 1.35. The predicted molar refractivity (Wildman–Crippen MR) is 75.1 cm³/mol. The zero-order chi connectivity index (χ0) is 14.7. The molecule has 2 amide bonds. The summed E-state index contributed by atoms with van der Waals surface area (Å²) in [5.41, 5.74) is 0. The smallest absolute Gasteiger partial charge is 0.268 e. The molecule has 20 heavy (non-hydrogen) atoms. The number of aliphatic hydroxyl groups is 1. The van der Waals surface area contributed by atoms with Crippen molar-refractivity contribution < 1.29 is 19.4 Å². The molecule has 1 aromatic heterocycles. The van der Waals surface area contributed by atoms with Crippen LogP contribution < -0.4 is 10.1 Å². The highest BCUT2D eigenvalue weighted by Crippen LogP contribution is 2.30. The summed E-state index contributed by atoms with van der Waals surface area (Å²) in [6.45, 7) is 2.63. The Labute approximate surface area is 121 Å². The summed E-state index contributed by atoms with van der Waals surface area (Å²) < 4.78 is 5.21. The van der Waals surface area contributed by atoms with Crippen LogP contribution >= 0.6 is 11.3 Å². The first-order valence-corrected chi connectivity index (χ1v) is 7.24. The quantitative estimate of drug-likeness (QED) is 0.843. The van der Waals surface area contributed by atoms with Crippen molar-refractivity contribution in [2.45, 2.75) is 19.4 Å². The zero-order valence-electron chi connectivity index (χ0n) is 11.5. The van der Waals surface area contributed by atoms with E-state index in [0.29, 0.717) is 23.7 Å². The number of thiophene rings is 1. The largest absolute Gasteiger partial charge is 0.495 e. The molecule has 0 bridgehead atoms. The van der Waals surface area contributed by atoms with Crippen LogP contribution in [0.2, 0.25) is 0 Å². The number of hydrogen-bond donors (Lipinski definition) is 2. The van der Waals surface area contributed by atoms with E-state index >= 15 is 0 Å². The van der Waals surface area contributed by atoms with Crippen LogP contribution in [-0.2, 0) is 4.79 Å². The number of aliphatic hydroxyl groups excluding tert-OH is 1. The van der Waals surface area contributed by atoms with Crippen molar-refractivity contribution >= 4 is 23.2 Å². The number of ether oxygens (including phenoxy) is 1. The molecule has 2 heterocycles. The standard InChI is InChI=1S/C13H18N2O4S/c1-8-7-10(19-2)11(20-8)13(18)15-5-4-14-12(17)9(15)3-6-16/h7,9,16H,3-6H2,1-2H3,(H,14,17)/t9-/m0/s1. The summed E-state index contributed by atoms with van der Waals surface area (Å²) in [5.74, 6) is 0.102. The molecule has 1 atom stereocenters. The number of nitrogens with zero attached hydrogens (tertiary/aromatic N) is 1. The minimum Gasteiger partial charge on any atom is -0.495 e. The lowest BCUT2D eigenvalue weighted by atomic mass is 10.1. The molecule has 1 aromatic rings. The molecule has 1 fully saturated rings. The van der Waals surface area contributed by atoms with Gasteiger partial charge in [-0.2, -0.15) is 0 Å². The van der Waals surface area contributed by atoms with Crippen molar-refractivity contribution in [3.8, 4) is 5.75 Å². The van der Waals surface area contributed by atoms with Crippen molar-refractivity contribution in [1.29, 1.82) is 0 Å². The normalized spacial score (nSPS) is 18.9. The van der Waals surface area contributed by atoms with E-state index in [0.717, 1.165) is 4.88 Å². The average Bonchev–Trinajstić information content (AvgIpc) is 2.81. The highest BCUT2D eigenvalue weighted by molar-refractivity contribution is 7.14. The van der Waals surface area contributed by atoms with E-state index < -0.39 is 6.04 Å². The molecule has 110 valence electrons. The molecule has 2 N–H and O–H groups in total. The van der Waals surface area contributed by atoms with E-state index in [-0.39, 0.29) is 24.8 Å². The van der Waals surface area contributed by atoms with Crippen molar-refractivity contribution in [2.24, 2.45) is 0 Å². The minimum absolute atomic E-state index is 0.136. The number of carbonyl (C=O) groups excluding carboxylic acids is 2.